The molecule has 0 heterocycles. The van der Waals surface area contributed by atoms with Crippen LogP contribution < -0.4 is 11.3 Å². The first kappa shape index (κ1) is 14.4. The second-order valence-electron chi connectivity index (χ2n) is 3.48. The SMILES string of the molecule is C=C(C)CC(CCOCC(F)(F)F)NN. The third-order valence-corrected chi connectivity index (χ3v) is 1.71. The molecular formula is C9H17F3N2O. The number of hydrogen-bond donors (Lipinski definition) is 2. The Bertz CT molecular complexity index is 194. The van der Waals surface area contributed by atoms with Gasteiger partial charge in [-0.3, -0.25) is 11.3 Å². The van der Waals surface area contributed by atoms with E-state index in [-0.39, 0.29) is 12.6 Å². The molecule has 0 aromatic carbocycles. The third-order valence-electron chi connectivity index (χ3n) is 1.71. The molecule has 0 aliphatic heterocycles. The van der Waals surface area contributed by atoms with Crippen LogP contribution >= 0.6 is 0 Å². The van der Waals surface area contributed by atoms with Crippen molar-refractivity contribution in [3.63, 3.8) is 0 Å². The molecule has 15 heavy (non-hydrogen) atoms. The van der Waals surface area contributed by atoms with Gasteiger partial charge in [0.2, 0.25) is 0 Å². The smallest absolute Gasteiger partial charge is 0.372 e. The van der Waals surface area contributed by atoms with E-state index in [0.717, 1.165) is 5.57 Å². The second-order valence-corrected chi connectivity index (χ2v) is 3.48. The Labute approximate surface area is 87.4 Å². The lowest BCUT2D eigenvalue weighted by Crippen LogP contribution is -2.36. The number of nitrogens with two attached hydrogens (primary N) is 1. The van der Waals surface area contributed by atoms with Crippen molar-refractivity contribution in [3.05, 3.63) is 12.2 Å². The van der Waals surface area contributed by atoms with Gasteiger partial charge in [-0.25, -0.2) is 0 Å². The molecule has 0 aromatic rings. The summed E-state index contributed by atoms with van der Waals surface area (Å²) in [6.45, 7) is 4.35. The summed E-state index contributed by atoms with van der Waals surface area (Å²) in [5, 5.41) is 0. The van der Waals surface area contributed by atoms with Crippen LogP contribution in [0.15, 0.2) is 12.2 Å². The first-order valence-electron chi connectivity index (χ1n) is 4.60. The normalized spacial score (nSPS) is 13.9. The molecule has 3 N–H and O–H groups in total. The first-order chi connectivity index (χ1) is 6.85. The van der Waals surface area contributed by atoms with Gasteiger partial charge in [0.1, 0.15) is 6.61 Å². The lowest BCUT2D eigenvalue weighted by atomic mass is 10.1. The van der Waals surface area contributed by atoms with E-state index in [1.165, 1.54) is 0 Å². The van der Waals surface area contributed by atoms with E-state index >= 15 is 0 Å². The molecule has 0 radical (unpaired) electrons. The van der Waals surface area contributed by atoms with Gasteiger partial charge in [0.15, 0.2) is 0 Å². The van der Waals surface area contributed by atoms with E-state index in [1.54, 1.807) is 0 Å². The predicted molar refractivity (Wildman–Crippen MR) is 52.0 cm³/mol. The van der Waals surface area contributed by atoms with Crippen LogP contribution in [-0.4, -0.2) is 25.4 Å². The summed E-state index contributed by atoms with van der Waals surface area (Å²) < 4.78 is 39.5. The molecule has 90 valence electrons. The van der Waals surface area contributed by atoms with Gasteiger partial charge >= 0.3 is 6.18 Å². The fourth-order valence-electron chi connectivity index (χ4n) is 1.08. The lowest BCUT2D eigenvalue weighted by Gasteiger charge is -2.16. The van der Waals surface area contributed by atoms with Crippen LogP contribution in [0, 0.1) is 0 Å². The van der Waals surface area contributed by atoms with Crippen molar-refractivity contribution in [3.8, 4) is 0 Å². The molecule has 0 fully saturated rings. The van der Waals surface area contributed by atoms with Crippen LogP contribution in [0.2, 0.25) is 0 Å². The van der Waals surface area contributed by atoms with E-state index in [4.69, 9.17) is 5.84 Å². The summed E-state index contributed by atoms with van der Waals surface area (Å²) in [6, 6.07) is -0.0873. The Morgan fingerprint density at radius 1 is 1.53 bits per heavy atom. The largest absolute Gasteiger partial charge is 0.411 e. The van der Waals surface area contributed by atoms with Crippen LogP contribution in [-0.2, 0) is 4.74 Å². The maximum absolute atomic E-state index is 11.7. The van der Waals surface area contributed by atoms with Gasteiger partial charge in [0.05, 0.1) is 0 Å². The highest BCUT2D eigenvalue weighted by Gasteiger charge is 2.27. The fourth-order valence-corrected chi connectivity index (χ4v) is 1.08. The minimum absolute atomic E-state index is 0.0294. The molecule has 0 saturated carbocycles. The Morgan fingerprint density at radius 2 is 2.13 bits per heavy atom. The molecule has 1 unspecified atom stereocenters. The Kier molecular flexibility index (Phi) is 6.55. The maximum atomic E-state index is 11.7. The third kappa shape index (κ3) is 9.71. The highest BCUT2D eigenvalue weighted by atomic mass is 19.4. The fraction of sp³-hybridized carbons (Fsp3) is 0.778. The number of nitrogens with one attached hydrogen (secondary N) is 1. The molecule has 0 rings (SSSR count). The molecule has 0 aromatic heterocycles. The number of halogens is 3. The molecule has 0 spiro atoms. The Balaban J connectivity index is 3.59. The molecule has 1 atom stereocenters. The summed E-state index contributed by atoms with van der Waals surface area (Å²) in [7, 11) is 0. The van der Waals surface area contributed by atoms with E-state index < -0.39 is 12.8 Å². The second kappa shape index (κ2) is 6.81. The van der Waals surface area contributed by atoms with Crippen molar-refractivity contribution in [2.45, 2.75) is 32.0 Å². The van der Waals surface area contributed by atoms with Crippen LogP contribution in [0.25, 0.3) is 0 Å². The standard InChI is InChI=1S/C9H17F3N2O/c1-7(2)5-8(14-13)3-4-15-6-9(10,11)12/h8,14H,1,3-6,13H2,2H3. The van der Waals surface area contributed by atoms with E-state index in [1.807, 2.05) is 6.92 Å². The molecule has 0 aliphatic carbocycles. The predicted octanol–water partition coefficient (Wildman–Crippen LogP) is 1.75. The van der Waals surface area contributed by atoms with Crippen LogP contribution in [0.5, 0.6) is 0 Å². The average Bonchev–Trinajstić information content (AvgIpc) is 2.08. The lowest BCUT2D eigenvalue weighted by molar-refractivity contribution is -0.174. The summed E-state index contributed by atoms with van der Waals surface area (Å²) in [4.78, 5) is 0. The monoisotopic (exact) mass is 226 g/mol. The van der Waals surface area contributed by atoms with Gasteiger partial charge < -0.3 is 4.74 Å². The number of hydrogen-bond acceptors (Lipinski definition) is 3. The quantitative estimate of drug-likeness (QED) is 0.301. The zero-order chi connectivity index (χ0) is 11.9. The van der Waals surface area contributed by atoms with Gasteiger partial charge in [-0.15, -0.1) is 6.58 Å². The molecule has 3 nitrogen and oxygen atoms in total. The zero-order valence-electron chi connectivity index (χ0n) is 8.73. The van der Waals surface area contributed by atoms with Crippen LogP contribution in [0.4, 0.5) is 13.2 Å². The van der Waals surface area contributed by atoms with Crippen LogP contribution in [0.3, 0.4) is 0 Å². The molecule has 0 amide bonds. The first-order valence-corrected chi connectivity index (χ1v) is 4.60. The van der Waals surface area contributed by atoms with Gasteiger partial charge in [0.25, 0.3) is 0 Å². The van der Waals surface area contributed by atoms with E-state index in [0.29, 0.717) is 12.8 Å². The van der Waals surface area contributed by atoms with E-state index in [9.17, 15) is 13.2 Å². The average molecular weight is 226 g/mol. The minimum atomic E-state index is -4.26. The molecule has 6 heteroatoms. The van der Waals surface area contributed by atoms with Gasteiger partial charge in [0, 0.05) is 12.6 Å². The number of rotatable bonds is 7. The van der Waals surface area contributed by atoms with Gasteiger partial charge in [-0.2, -0.15) is 13.2 Å². The highest BCUT2D eigenvalue weighted by molar-refractivity contribution is 4.92. The number of alkyl halides is 3. The van der Waals surface area contributed by atoms with Crippen LogP contribution in [0.1, 0.15) is 19.8 Å². The van der Waals surface area contributed by atoms with Crippen molar-refractivity contribution in [2.24, 2.45) is 5.84 Å². The zero-order valence-corrected chi connectivity index (χ0v) is 8.73. The van der Waals surface area contributed by atoms with Crippen molar-refractivity contribution in [1.29, 1.82) is 0 Å². The molecule has 0 bridgehead atoms. The number of ether oxygens (including phenoxy) is 1. The molecule has 0 aliphatic rings. The van der Waals surface area contributed by atoms with Crippen molar-refractivity contribution >= 4 is 0 Å². The summed E-state index contributed by atoms with van der Waals surface area (Å²) in [6.07, 6.45) is -3.20. The topological polar surface area (TPSA) is 47.3 Å². The highest BCUT2D eigenvalue weighted by Crippen LogP contribution is 2.14. The van der Waals surface area contributed by atoms with Crippen molar-refractivity contribution in [2.75, 3.05) is 13.2 Å². The summed E-state index contributed by atoms with van der Waals surface area (Å²) in [5.74, 6) is 5.22. The van der Waals surface area contributed by atoms with Gasteiger partial charge in [-0.05, 0) is 19.8 Å². The summed E-state index contributed by atoms with van der Waals surface area (Å²) in [5.41, 5.74) is 3.43. The maximum Gasteiger partial charge on any atom is 0.411 e. The van der Waals surface area contributed by atoms with E-state index in [2.05, 4.69) is 16.7 Å². The Hall–Kier alpha value is -0.590. The minimum Gasteiger partial charge on any atom is -0.372 e. The molecular weight excluding hydrogens is 209 g/mol. The Morgan fingerprint density at radius 3 is 2.53 bits per heavy atom. The number of hydrazine groups is 1. The van der Waals surface area contributed by atoms with Crippen molar-refractivity contribution in [1.82, 2.24) is 5.43 Å². The van der Waals surface area contributed by atoms with Gasteiger partial charge in [-0.1, -0.05) is 5.57 Å². The summed E-state index contributed by atoms with van der Waals surface area (Å²) >= 11 is 0. The van der Waals surface area contributed by atoms with Crippen molar-refractivity contribution < 1.29 is 17.9 Å². The molecule has 0 saturated heterocycles.